The molecule has 1 heterocycles. The summed E-state index contributed by atoms with van der Waals surface area (Å²) in [5.41, 5.74) is 3.30. The van der Waals surface area contributed by atoms with Gasteiger partial charge in [-0.25, -0.2) is 0 Å². The first kappa shape index (κ1) is 26.9. The Labute approximate surface area is 213 Å². The fourth-order valence-electron chi connectivity index (χ4n) is 3.49. The van der Waals surface area contributed by atoms with E-state index in [0.29, 0.717) is 25.4 Å². The van der Waals surface area contributed by atoms with Crippen LogP contribution in [-0.4, -0.2) is 63.3 Å². The Morgan fingerprint density at radius 1 is 1.09 bits per heavy atom. The Morgan fingerprint density at radius 2 is 1.85 bits per heavy atom. The van der Waals surface area contributed by atoms with Gasteiger partial charge in [-0.05, 0) is 23.3 Å². The van der Waals surface area contributed by atoms with Crippen molar-refractivity contribution in [2.24, 2.45) is 4.99 Å². The van der Waals surface area contributed by atoms with Crippen LogP contribution in [0.1, 0.15) is 18.1 Å². The zero-order valence-corrected chi connectivity index (χ0v) is 21.6. The van der Waals surface area contributed by atoms with Crippen LogP contribution in [0.4, 0.5) is 5.69 Å². The van der Waals surface area contributed by atoms with Gasteiger partial charge < -0.3 is 25.4 Å². The van der Waals surface area contributed by atoms with Gasteiger partial charge in [-0.1, -0.05) is 30.3 Å². The molecule has 1 fully saturated rings. The molecule has 2 aromatic carbocycles. The van der Waals surface area contributed by atoms with Gasteiger partial charge in [-0.3, -0.25) is 14.7 Å². The molecule has 180 valence electrons. The van der Waals surface area contributed by atoms with Crippen molar-refractivity contribution in [3.8, 4) is 5.75 Å². The minimum atomic E-state index is -0.106. The third-order valence-electron chi connectivity index (χ3n) is 5.10. The van der Waals surface area contributed by atoms with Gasteiger partial charge in [0.05, 0.1) is 19.8 Å². The molecule has 3 N–H and O–H groups in total. The third-order valence-corrected chi connectivity index (χ3v) is 5.10. The Morgan fingerprint density at radius 3 is 2.58 bits per heavy atom. The van der Waals surface area contributed by atoms with Crippen molar-refractivity contribution < 1.29 is 14.3 Å². The van der Waals surface area contributed by atoms with Crippen LogP contribution in [0, 0.1) is 0 Å². The first-order valence-corrected chi connectivity index (χ1v) is 11.0. The fraction of sp³-hybridized carbons (Fsp3) is 0.417. The smallest absolute Gasteiger partial charge is 0.221 e. The van der Waals surface area contributed by atoms with Crippen molar-refractivity contribution in [3.05, 3.63) is 59.7 Å². The molecule has 1 amide bonds. The standard InChI is InChI=1S/C24H33N5O3.HI/c1-19(30)28-22-8-5-9-23(16-22)32-13-10-26-24(25-2)27-17-20-6-3-4-7-21(20)18-29-11-14-31-15-12-29;/h3-9,16H,10-15,17-18H2,1-2H3,(H,28,30)(H2,25,26,27);1H. The average Bonchev–Trinajstić information content (AvgIpc) is 2.80. The van der Waals surface area contributed by atoms with E-state index in [1.807, 2.05) is 18.2 Å². The summed E-state index contributed by atoms with van der Waals surface area (Å²) in [7, 11) is 1.76. The number of anilines is 1. The van der Waals surface area contributed by atoms with E-state index in [1.54, 1.807) is 13.1 Å². The maximum atomic E-state index is 11.2. The third kappa shape index (κ3) is 9.56. The van der Waals surface area contributed by atoms with Crippen LogP contribution in [0.15, 0.2) is 53.5 Å². The summed E-state index contributed by atoms with van der Waals surface area (Å²) in [4.78, 5) is 17.9. The van der Waals surface area contributed by atoms with Gasteiger partial charge in [0.15, 0.2) is 5.96 Å². The molecule has 0 saturated carbocycles. The highest BCUT2D eigenvalue weighted by molar-refractivity contribution is 14.0. The lowest BCUT2D eigenvalue weighted by Crippen LogP contribution is -2.39. The second-order valence-corrected chi connectivity index (χ2v) is 7.57. The normalized spacial score (nSPS) is 14.2. The van der Waals surface area contributed by atoms with Gasteiger partial charge in [0.2, 0.25) is 5.91 Å². The number of hydrogen-bond acceptors (Lipinski definition) is 5. The molecule has 0 aliphatic carbocycles. The van der Waals surface area contributed by atoms with Crippen molar-refractivity contribution in [1.82, 2.24) is 15.5 Å². The number of rotatable bonds is 9. The number of benzene rings is 2. The number of guanidine groups is 1. The quantitative estimate of drug-likeness (QED) is 0.187. The largest absolute Gasteiger partial charge is 0.492 e. The molecular weight excluding hydrogens is 533 g/mol. The number of morpholine rings is 1. The highest BCUT2D eigenvalue weighted by Gasteiger charge is 2.12. The van der Waals surface area contributed by atoms with Crippen LogP contribution in [0.25, 0.3) is 0 Å². The van der Waals surface area contributed by atoms with Crippen LogP contribution in [0.3, 0.4) is 0 Å². The van der Waals surface area contributed by atoms with Crippen LogP contribution < -0.4 is 20.7 Å². The summed E-state index contributed by atoms with van der Waals surface area (Å²) < 4.78 is 11.2. The van der Waals surface area contributed by atoms with E-state index in [4.69, 9.17) is 9.47 Å². The van der Waals surface area contributed by atoms with Gasteiger partial charge in [0.1, 0.15) is 12.4 Å². The second kappa shape index (κ2) is 14.7. The van der Waals surface area contributed by atoms with Crippen LogP contribution in [0.2, 0.25) is 0 Å². The monoisotopic (exact) mass is 567 g/mol. The Kier molecular flexibility index (Phi) is 12.0. The summed E-state index contributed by atoms with van der Waals surface area (Å²) >= 11 is 0. The zero-order chi connectivity index (χ0) is 22.6. The van der Waals surface area contributed by atoms with E-state index in [1.165, 1.54) is 18.1 Å². The molecule has 0 aromatic heterocycles. The van der Waals surface area contributed by atoms with Gasteiger partial charge >= 0.3 is 0 Å². The SMILES string of the molecule is CN=C(NCCOc1cccc(NC(C)=O)c1)NCc1ccccc1CN1CCOCC1.I. The topological polar surface area (TPSA) is 87.2 Å². The van der Waals surface area contributed by atoms with Crippen LogP contribution >= 0.6 is 24.0 Å². The number of hydrogen-bond donors (Lipinski definition) is 3. The Bertz CT molecular complexity index is 903. The van der Waals surface area contributed by atoms with Crippen molar-refractivity contribution in [3.63, 3.8) is 0 Å². The van der Waals surface area contributed by atoms with Crippen LogP contribution in [-0.2, 0) is 22.6 Å². The highest BCUT2D eigenvalue weighted by atomic mass is 127. The lowest BCUT2D eigenvalue weighted by atomic mass is 10.1. The van der Waals surface area contributed by atoms with E-state index in [2.05, 4.69) is 50.1 Å². The maximum absolute atomic E-state index is 11.2. The zero-order valence-electron chi connectivity index (χ0n) is 19.3. The van der Waals surface area contributed by atoms with E-state index in [9.17, 15) is 4.79 Å². The van der Waals surface area contributed by atoms with E-state index in [0.717, 1.165) is 44.5 Å². The number of amides is 1. The second-order valence-electron chi connectivity index (χ2n) is 7.57. The molecule has 0 spiro atoms. The lowest BCUT2D eigenvalue weighted by Gasteiger charge is -2.27. The molecular formula is C24H34IN5O3. The van der Waals surface area contributed by atoms with Crippen LogP contribution in [0.5, 0.6) is 5.75 Å². The fourth-order valence-corrected chi connectivity index (χ4v) is 3.49. The number of aliphatic imine (C=N–C) groups is 1. The molecule has 1 saturated heterocycles. The number of halogens is 1. The minimum Gasteiger partial charge on any atom is -0.492 e. The number of nitrogens with zero attached hydrogens (tertiary/aromatic N) is 2. The highest BCUT2D eigenvalue weighted by Crippen LogP contribution is 2.17. The molecule has 3 rings (SSSR count). The lowest BCUT2D eigenvalue weighted by molar-refractivity contribution is -0.114. The molecule has 0 atom stereocenters. The molecule has 1 aliphatic rings. The maximum Gasteiger partial charge on any atom is 0.221 e. The number of carbonyl (C=O) groups excluding carboxylic acids is 1. The summed E-state index contributed by atoms with van der Waals surface area (Å²) in [5, 5.41) is 9.41. The summed E-state index contributed by atoms with van der Waals surface area (Å²) in [6, 6.07) is 15.8. The summed E-state index contributed by atoms with van der Waals surface area (Å²) in [5.74, 6) is 1.32. The van der Waals surface area contributed by atoms with Gasteiger partial charge in [0.25, 0.3) is 0 Å². The molecule has 0 bridgehead atoms. The first-order chi connectivity index (χ1) is 15.6. The first-order valence-electron chi connectivity index (χ1n) is 11.0. The summed E-state index contributed by atoms with van der Waals surface area (Å²) in [6.07, 6.45) is 0. The van der Waals surface area contributed by atoms with E-state index in [-0.39, 0.29) is 29.9 Å². The Balaban J connectivity index is 0.00000385. The Hall–Kier alpha value is -2.37. The average molecular weight is 567 g/mol. The molecule has 33 heavy (non-hydrogen) atoms. The van der Waals surface area contributed by atoms with Gasteiger partial charge in [0, 0.05) is 51.9 Å². The van der Waals surface area contributed by atoms with Crippen molar-refractivity contribution in [1.29, 1.82) is 0 Å². The molecule has 2 aromatic rings. The molecule has 8 nitrogen and oxygen atoms in total. The molecule has 0 unspecified atom stereocenters. The van der Waals surface area contributed by atoms with Crippen molar-refractivity contribution in [2.45, 2.75) is 20.0 Å². The minimum absolute atomic E-state index is 0. The number of carbonyl (C=O) groups is 1. The van der Waals surface area contributed by atoms with Gasteiger partial charge in [-0.15, -0.1) is 24.0 Å². The summed E-state index contributed by atoms with van der Waals surface area (Å²) in [6.45, 7) is 7.72. The van der Waals surface area contributed by atoms with Crippen molar-refractivity contribution in [2.75, 3.05) is 51.8 Å². The molecule has 1 aliphatic heterocycles. The number of ether oxygens (including phenoxy) is 2. The molecule has 0 radical (unpaired) electrons. The van der Waals surface area contributed by atoms with Gasteiger partial charge in [-0.2, -0.15) is 0 Å². The predicted molar refractivity (Wildman–Crippen MR) is 142 cm³/mol. The van der Waals surface area contributed by atoms with Crippen molar-refractivity contribution >= 4 is 41.5 Å². The molecule has 9 heteroatoms. The predicted octanol–water partition coefficient (Wildman–Crippen LogP) is 2.84. The van der Waals surface area contributed by atoms with E-state index >= 15 is 0 Å². The van der Waals surface area contributed by atoms with E-state index < -0.39 is 0 Å². The number of nitrogens with one attached hydrogen (secondary N) is 3.